The van der Waals surface area contributed by atoms with Gasteiger partial charge in [0, 0.05) is 29.1 Å². The average molecular weight is 386 g/mol. The summed E-state index contributed by atoms with van der Waals surface area (Å²) in [6.45, 7) is 1.75. The van der Waals surface area contributed by atoms with Gasteiger partial charge in [-0.25, -0.2) is 13.4 Å². The molecule has 8 heteroatoms. The number of aliphatic carboxylic acids is 1. The number of hydrogen-bond donors (Lipinski definition) is 1. The van der Waals surface area contributed by atoms with Crippen molar-refractivity contribution in [1.82, 2.24) is 9.55 Å². The summed E-state index contributed by atoms with van der Waals surface area (Å²) in [6, 6.07) is 9.27. The number of Topliss-reactive ketones (excluding diaryl/α,β-unsaturated/α-hetero) is 1. The molecule has 0 spiro atoms. The number of carboxylic acid groups (broad SMARTS) is 1. The number of rotatable bonds is 6. The Balaban J connectivity index is 1.98. The van der Waals surface area contributed by atoms with E-state index in [0.29, 0.717) is 27.9 Å². The molecule has 0 aliphatic carbocycles. The molecule has 0 saturated carbocycles. The predicted molar refractivity (Wildman–Crippen MR) is 99.7 cm³/mol. The molecule has 2 aromatic heterocycles. The second-order valence-corrected chi connectivity index (χ2v) is 8.33. The second kappa shape index (κ2) is 6.96. The lowest BCUT2D eigenvalue weighted by Gasteiger charge is -2.08. The van der Waals surface area contributed by atoms with Crippen LogP contribution in [0.5, 0.6) is 0 Å². The minimum absolute atomic E-state index is 0.0167. The molecule has 0 unspecified atom stereocenters. The molecule has 3 aromatic rings. The zero-order valence-electron chi connectivity index (χ0n) is 14.8. The van der Waals surface area contributed by atoms with Crippen LogP contribution in [-0.2, 0) is 27.6 Å². The van der Waals surface area contributed by atoms with E-state index in [2.05, 4.69) is 4.98 Å². The van der Waals surface area contributed by atoms with E-state index in [4.69, 9.17) is 5.11 Å². The van der Waals surface area contributed by atoms with Gasteiger partial charge in [0.2, 0.25) is 0 Å². The maximum absolute atomic E-state index is 12.7. The number of hydrogen-bond acceptors (Lipinski definition) is 5. The van der Waals surface area contributed by atoms with Crippen LogP contribution in [0.4, 0.5) is 0 Å². The van der Waals surface area contributed by atoms with E-state index in [1.54, 1.807) is 29.8 Å². The molecular formula is C19H18N2O5S. The largest absolute Gasteiger partial charge is 0.481 e. The van der Waals surface area contributed by atoms with Crippen LogP contribution in [0.2, 0.25) is 0 Å². The van der Waals surface area contributed by atoms with Gasteiger partial charge in [0.25, 0.3) is 0 Å². The Kier molecular flexibility index (Phi) is 4.84. The van der Waals surface area contributed by atoms with Gasteiger partial charge < -0.3 is 9.67 Å². The molecule has 1 aromatic carbocycles. The van der Waals surface area contributed by atoms with Gasteiger partial charge in [0.05, 0.1) is 17.9 Å². The van der Waals surface area contributed by atoms with Gasteiger partial charge in [-0.05, 0) is 36.8 Å². The summed E-state index contributed by atoms with van der Waals surface area (Å²) in [6.07, 6.45) is 2.54. The summed E-state index contributed by atoms with van der Waals surface area (Å²) >= 11 is 0. The summed E-state index contributed by atoms with van der Waals surface area (Å²) in [7, 11) is -3.33. The van der Waals surface area contributed by atoms with Crippen molar-refractivity contribution in [3.8, 4) is 0 Å². The van der Waals surface area contributed by atoms with Crippen LogP contribution in [0.1, 0.15) is 21.6 Å². The van der Waals surface area contributed by atoms with Crippen LogP contribution in [0.15, 0.2) is 47.5 Å². The minimum atomic E-state index is -3.33. The lowest BCUT2D eigenvalue weighted by Crippen LogP contribution is -2.13. The molecule has 0 aliphatic rings. The number of nitrogens with zero attached hydrogens (tertiary/aromatic N) is 2. The highest BCUT2D eigenvalue weighted by molar-refractivity contribution is 7.90. The highest BCUT2D eigenvalue weighted by Gasteiger charge is 2.19. The second-order valence-electron chi connectivity index (χ2n) is 6.31. The number of carbonyl (C=O) groups is 2. The normalized spacial score (nSPS) is 11.6. The molecule has 0 aliphatic heterocycles. The number of carbonyl (C=O) groups excluding carboxylic acids is 1. The Morgan fingerprint density at radius 1 is 1.15 bits per heavy atom. The number of carboxylic acids is 1. The van der Waals surface area contributed by atoms with Gasteiger partial charge >= 0.3 is 5.97 Å². The fourth-order valence-corrected chi connectivity index (χ4v) is 3.69. The van der Waals surface area contributed by atoms with Crippen molar-refractivity contribution in [3.05, 3.63) is 59.4 Å². The number of aromatic nitrogens is 2. The van der Waals surface area contributed by atoms with E-state index in [-0.39, 0.29) is 23.6 Å². The first kappa shape index (κ1) is 18.8. The molecule has 0 atom stereocenters. The Labute approximate surface area is 156 Å². The van der Waals surface area contributed by atoms with Crippen LogP contribution in [0.3, 0.4) is 0 Å². The van der Waals surface area contributed by atoms with Crippen LogP contribution < -0.4 is 0 Å². The number of pyridine rings is 1. The zero-order chi connectivity index (χ0) is 19.8. The van der Waals surface area contributed by atoms with Crippen molar-refractivity contribution in [3.63, 3.8) is 0 Å². The lowest BCUT2D eigenvalue weighted by molar-refractivity contribution is -0.136. The van der Waals surface area contributed by atoms with Crippen LogP contribution in [0.25, 0.3) is 11.0 Å². The predicted octanol–water partition coefficient (Wildman–Crippen LogP) is 2.26. The Morgan fingerprint density at radius 2 is 1.81 bits per heavy atom. The van der Waals surface area contributed by atoms with Gasteiger partial charge in [-0.15, -0.1) is 0 Å². The average Bonchev–Trinajstić information content (AvgIpc) is 2.86. The third-order valence-electron chi connectivity index (χ3n) is 4.44. The number of ketones is 1. The summed E-state index contributed by atoms with van der Waals surface area (Å²) in [5.74, 6) is -1.17. The molecule has 2 heterocycles. The Morgan fingerprint density at radius 3 is 2.41 bits per heavy atom. The van der Waals surface area contributed by atoms with Crippen LogP contribution in [-0.4, -0.2) is 41.1 Å². The molecule has 0 bridgehead atoms. The SMILES string of the molecule is Cc1c(CC(=O)O)c2cccnc2n1CC(=O)c1ccc(S(C)(=O)=O)cc1. The van der Waals surface area contributed by atoms with Crippen molar-refractivity contribution >= 4 is 32.6 Å². The molecule has 0 saturated heterocycles. The molecule has 0 radical (unpaired) electrons. The van der Waals surface area contributed by atoms with Crippen molar-refractivity contribution < 1.29 is 23.1 Å². The molecule has 27 heavy (non-hydrogen) atoms. The summed E-state index contributed by atoms with van der Waals surface area (Å²) in [5, 5.41) is 9.87. The van der Waals surface area contributed by atoms with Crippen molar-refractivity contribution in [2.45, 2.75) is 24.8 Å². The van der Waals surface area contributed by atoms with Gasteiger partial charge in [-0.2, -0.15) is 0 Å². The first-order chi connectivity index (χ1) is 12.7. The fraction of sp³-hybridized carbons (Fsp3) is 0.211. The van der Waals surface area contributed by atoms with E-state index in [0.717, 1.165) is 6.26 Å². The van der Waals surface area contributed by atoms with E-state index in [1.807, 2.05) is 0 Å². The summed E-state index contributed by atoms with van der Waals surface area (Å²) in [5.41, 5.74) is 2.23. The minimum Gasteiger partial charge on any atom is -0.481 e. The topological polar surface area (TPSA) is 106 Å². The van der Waals surface area contributed by atoms with E-state index < -0.39 is 15.8 Å². The lowest BCUT2D eigenvalue weighted by atomic mass is 10.1. The maximum Gasteiger partial charge on any atom is 0.307 e. The quantitative estimate of drug-likeness (QED) is 0.651. The van der Waals surface area contributed by atoms with E-state index >= 15 is 0 Å². The maximum atomic E-state index is 12.7. The van der Waals surface area contributed by atoms with Crippen molar-refractivity contribution in [1.29, 1.82) is 0 Å². The van der Waals surface area contributed by atoms with E-state index in [9.17, 15) is 18.0 Å². The molecule has 0 fully saturated rings. The van der Waals surface area contributed by atoms with Crippen molar-refractivity contribution in [2.75, 3.05) is 6.26 Å². The molecule has 0 amide bonds. The van der Waals surface area contributed by atoms with Gasteiger partial charge in [-0.1, -0.05) is 12.1 Å². The number of benzene rings is 1. The third kappa shape index (κ3) is 3.75. The number of sulfone groups is 1. The third-order valence-corrected chi connectivity index (χ3v) is 5.57. The molecule has 1 N–H and O–H groups in total. The van der Waals surface area contributed by atoms with Gasteiger partial charge in [-0.3, -0.25) is 9.59 Å². The summed E-state index contributed by atoms with van der Waals surface area (Å²) < 4.78 is 24.8. The Hall–Kier alpha value is -3.00. The molecule has 7 nitrogen and oxygen atoms in total. The smallest absolute Gasteiger partial charge is 0.307 e. The first-order valence-corrected chi connectivity index (χ1v) is 10.1. The summed E-state index contributed by atoms with van der Waals surface area (Å²) in [4.78, 5) is 28.3. The molecule has 140 valence electrons. The van der Waals surface area contributed by atoms with Gasteiger partial charge in [0.15, 0.2) is 15.6 Å². The standard InChI is InChI=1S/C19H18N2O5S/c1-12-16(10-18(23)24)15-4-3-9-20-19(15)21(12)11-17(22)13-5-7-14(8-6-13)27(2,25)26/h3-9H,10-11H2,1-2H3,(H,23,24). The van der Waals surface area contributed by atoms with Gasteiger partial charge in [0.1, 0.15) is 5.65 Å². The number of fused-ring (bicyclic) bond motifs is 1. The molecule has 3 rings (SSSR count). The highest BCUT2D eigenvalue weighted by atomic mass is 32.2. The monoisotopic (exact) mass is 386 g/mol. The van der Waals surface area contributed by atoms with E-state index in [1.165, 1.54) is 24.3 Å². The Bertz CT molecular complexity index is 1140. The first-order valence-electron chi connectivity index (χ1n) is 8.16. The van der Waals surface area contributed by atoms with Crippen LogP contribution >= 0.6 is 0 Å². The highest BCUT2D eigenvalue weighted by Crippen LogP contribution is 2.25. The molecular weight excluding hydrogens is 368 g/mol. The van der Waals surface area contributed by atoms with Crippen LogP contribution in [0, 0.1) is 6.92 Å². The zero-order valence-corrected chi connectivity index (χ0v) is 15.7. The fourth-order valence-electron chi connectivity index (χ4n) is 3.06. The van der Waals surface area contributed by atoms with Crippen molar-refractivity contribution in [2.24, 2.45) is 0 Å².